The van der Waals surface area contributed by atoms with E-state index in [1.165, 1.54) is 4.90 Å². The Labute approximate surface area is 375 Å². The van der Waals surface area contributed by atoms with Crippen molar-refractivity contribution in [2.45, 2.75) is 109 Å². The normalized spacial score (nSPS) is 17.6. The van der Waals surface area contributed by atoms with Gasteiger partial charge in [-0.25, -0.2) is 22.8 Å². The van der Waals surface area contributed by atoms with Crippen molar-refractivity contribution in [2.24, 2.45) is 0 Å². The zero-order chi connectivity index (χ0) is 45.4. The summed E-state index contributed by atoms with van der Waals surface area (Å²) in [6.07, 6.45) is 1.82. The molecule has 6 N–H and O–H groups in total. The summed E-state index contributed by atoms with van der Waals surface area (Å²) in [6.45, 7) is 13.9. The van der Waals surface area contributed by atoms with Gasteiger partial charge in [0.1, 0.15) is 25.6 Å². The third kappa shape index (κ3) is 18.9. The van der Waals surface area contributed by atoms with Crippen LogP contribution in [0.15, 0.2) is 33.2 Å². The van der Waals surface area contributed by atoms with Gasteiger partial charge in [-0.2, -0.15) is 0 Å². The Morgan fingerprint density at radius 1 is 0.667 bits per heavy atom. The minimum atomic E-state index is -1.25. The fourth-order valence-electron chi connectivity index (χ4n) is 6.17. The number of carbonyl (C=O) groups is 3. The van der Waals surface area contributed by atoms with Gasteiger partial charge < -0.3 is 45.4 Å². The number of piperidine rings is 3. The topological polar surface area (TPSA) is 180 Å². The molecule has 2 aromatic rings. The first-order chi connectivity index (χ1) is 27.4. The molecule has 344 valence electrons. The molecule has 3 aliphatic rings. The maximum absolute atomic E-state index is 12.7. The molecule has 3 aliphatic heterocycles. The number of aliphatic hydroxyl groups excluding tert-OH is 1. The first-order valence-electron chi connectivity index (χ1n) is 19.5. The van der Waals surface area contributed by atoms with Crippen molar-refractivity contribution in [3.63, 3.8) is 0 Å². The predicted molar refractivity (Wildman–Crippen MR) is 237 cm³/mol. The number of alkyl halides is 3. The SMILES string of the molecule is CC(C)(C)OC(=O)N1CCC(O)(CF)CC1.CO.Cc1cc(C(=O)N2CCC(O)(CF)CC2)cc(C)c1Br.Cc1cc(C(=O)O)cc(C)c1Br.Cl.OC1(CF)CCNCC1. The number of aromatic carboxylic acids is 1. The number of ether oxygens (including phenoxy) is 1. The van der Waals surface area contributed by atoms with Gasteiger partial charge in [-0.05, 0) is 147 Å². The van der Waals surface area contributed by atoms with Crippen molar-refractivity contribution >= 4 is 62.2 Å². The Hall–Kier alpha value is -2.51. The largest absolute Gasteiger partial charge is 0.478 e. The van der Waals surface area contributed by atoms with Crippen LogP contribution in [0.25, 0.3) is 0 Å². The number of benzene rings is 2. The molecule has 0 spiro atoms. The number of likely N-dealkylation sites (tertiary alicyclic amines) is 2. The first-order valence-corrected chi connectivity index (χ1v) is 21.0. The molecule has 12 nitrogen and oxygen atoms in total. The van der Waals surface area contributed by atoms with Gasteiger partial charge in [0.05, 0.1) is 22.4 Å². The van der Waals surface area contributed by atoms with E-state index in [-0.39, 0.29) is 31.2 Å². The fourth-order valence-corrected chi connectivity index (χ4v) is 6.63. The number of nitrogens with one attached hydrogen (secondary N) is 1. The van der Waals surface area contributed by atoms with Crippen molar-refractivity contribution in [1.82, 2.24) is 15.1 Å². The first kappa shape index (κ1) is 57.5. The lowest BCUT2D eigenvalue weighted by Gasteiger charge is -2.37. The third-order valence-electron chi connectivity index (χ3n) is 9.97. The molecule has 0 bridgehead atoms. The van der Waals surface area contributed by atoms with Crippen molar-refractivity contribution in [1.29, 1.82) is 0 Å². The van der Waals surface area contributed by atoms with E-state index in [9.17, 15) is 42.9 Å². The summed E-state index contributed by atoms with van der Waals surface area (Å²) in [6, 6.07) is 7.02. The summed E-state index contributed by atoms with van der Waals surface area (Å²) < 4.78 is 44.4. The van der Waals surface area contributed by atoms with E-state index in [0.717, 1.165) is 51.4 Å². The second kappa shape index (κ2) is 26.2. The molecule has 2 amide bonds. The molecule has 3 saturated heterocycles. The standard InChI is InChI=1S/C15H19BrFNO2.C11H20FNO3.C9H9BrO2.C6H12FNO.CH4O.ClH/c1-10-7-12(8-11(2)13(10)16)14(19)18-5-3-15(20,9-17)4-6-18;1-10(2,3)16-9(14)13-6-4-11(15,8-12)5-7-13;1-5-3-7(9(11)12)4-6(2)8(5)10;7-5-6(9)1-3-8-4-2-6;1-2;/h7-8,20H,3-6,9H2,1-2H3;15H,4-8H2,1-3H3;3-4H,1-2H3,(H,11,12);8-9H,1-5H2;2H,1H3;1H. The summed E-state index contributed by atoms with van der Waals surface area (Å²) in [5.41, 5.74) is 0.898. The Balaban J connectivity index is 0.000000786. The van der Waals surface area contributed by atoms with Crippen molar-refractivity contribution in [2.75, 3.05) is 66.4 Å². The highest BCUT2D eigenvalue weighted by atomic mass is 79.9. The molecular weight excluding hydrogens is 943 g/mol. The number of nitrogens with zero attached hydrogens (tertiary/aromatic N) is 2. The molecule has 3 fully saturated rings. The number of aryl methyl sites for hydroxylation is 4. The molecule has 0 saturated carbocycles. The lowest BCUT2D eigenvalue weighted by Crippen LogP contribution is -2.49. The Morgan fingerprint density at radius 2 is 0.983 bits per heavy atom. The summed E-state index contributed by atoms with van der Waals surface area (Å²) in [7, 11) is 1.00. The lowest BCUT2D eigenvalue weighted by atomic mass is 9.92. The molecule has 0 aliphatic carbocycles. The van der Waals surface area contributed by atoms with Crippen LogP contribution < -0.4 is 5.32 Å². The highest BCUT2D eigenvalue weighted by molar-refractivity contribution is 9.10. The minimum absolute atomic E-state index is 0. The third-order valence-corrected chi connectivity index (χ3v) is 12.5. The summed E-state index contributed by atoms with van der Waals surface area (Å²) in [4.78, 5) is 37.9. The molecule has 3 heterocycles. The van der Waals surface area contributed by atoms with Crippen LogP contribution >= 0.6 is 44.3 Å². The van der Waals surface area contributed by atoms with Crippen LogP contribution in [-0.2, 0) is 4.74 Å². The van der Waals surface area contributed by atoms with Gasteiger partial charge in [0.2, 0.25) is 0 Å². The Bertz CT molecular complexity index is 1620. The molecule has 2 aromatic carbocycles. The number of halogens is 6. The number of amides is 2. The van der Waals surface area contributed by atoms with E-state index in [1.54, 1.807) is 37.8 Å². The van der Waals surface area contributed by atoms with E-state index >= 15 is 0 Å². The molecule has 0 atom stereocenters. The predicted octanol–water partition coefficient (Wildman–Crippen LogP) is 7.59. The zero-order valence-corrected chi connectivity index (χ0v) is 40.0. The molecule has 60 heavy (non-hydrogen) atoms. The van der Waals surface area contributed by atoms with Gasteiger partial charge in [-0.15, -0.1) is 12.4 Å². The maximum atomic E-state index is 12.7. The van der Waals surface area contributed by atoms with Crippen LogP contribution in [0.4, 0.5) is 18.0 Å². The molecule has 0 aromatic heterocycles. The number of carbonyl (C=O) groups excluding carboxylic acids is 2. The minimum Gasteiger partial charge on any atom is -0.478 e. The maximum Gasteiger partial charge on any atom is 0.410 e. The second-order valence-electron chi connectivity index (χ2n) is 16.2. The average molecular weight is 1010 g/mol. The number of hydrogen-bond acceptors (Lipinski definition) is 9. The summed E-state index contributed by atoms with van der Waals surface area (Å²) in [5, 5.41) is 47.5. The second-order valence-corrected chi connectivity index (χ2v) is 17.8. The Morgan fingerprint density at radius 3 is 1.28 bits per heavy atom. The number of carboxylic acid groups (broad SMARTS) is 1. The van der Waals surface area contributed by atoms with Gasteiger partial charge in [0.25, 0.3) is 5.91 Å². The van der Waals surface area contributed by atoms with E-state index < -0.39 is 54.5 Å². The molecule has 0 radical (unpaired) electrons. The molecule has 5 rings (SSSR count). The number of aliphatic hydroxyl groups is 4. The van der Waals surface area contributed by atoms with Gasteiger partial charge in [0.15, 0.2) is 0 Å². The zero-order valence-electron chi connectivity index (χ0n) is 36.0. The van der Waals surface area contributed by atoms with E-state index in [0.29, 0.717) is 63.0 Å². The van der Waals surface area contributed by atoms with Crippen LogP contribution in [0.3, 0.4) is 0 Å². The average Bonchev–Trinajstić information content (AvgIpc) is 3.20. The van der Waals surface area contributed by atoms with Crippen molar-refractivity contribution in [3.05, 3.63) is 66.6 Å². The van der Waals surface area contributed by atoms with Gasteiger partial charge >= 0.3 is 12.1 Å². The summed E-state index contributed by atoms with van der Waals surface area (Å²) >= 11 is 6.85. The van der Waals surface area contributed by atoms with E-state index in [4.69, 9.17) is 14.9 Å². The Kier molecular flexibility index (Phi) is 25.1. The van der Waals surface area contributed by atoms with E-state index in [1.807, 2.05) is 39.8 Å². The number of rotatable bonds is 5. The lowest BCUT2D eigenvalue weighted by molar-refractivity contribution is -0.0446. The van der Waals surface area contributed by atoms with Crippen LogP contribution in [0.2, 0.25) is 0 Å². The van der Waals surface area contributed by atoms with Gasteiger partial charge in [-0.3, -0.25) is 4.79 Å². The van der Waals surface area contributed by atoms with Crippen LogP contribution in [0, 0.1) is 27.7 Å². The number of carboxylic acids is 1. The molecule has 18 heteroatoms. The van der Waals surface area contributed by atoms with Crippen molar-refractivity contribution < 1.29 is 57.8 Å². The van der Waals surface area contributed by atoms with Crippen LogP contribution in [0.1, 0.15) is 102 Å². The van der Waals surface area contributed by atoms with E-state index in [2.05, 4.69) is 37.2 Å². The monoisotopic (exact) mass is 1010 g/mol. The smallest absolute Gasteiger partial charge is 0.410 e. The highest BCUT2D eigenvalue weighted by Gasteiger charge is 2.36. The fraction of sp³-hybridized carbons (Fsp3) is 0.643. The van der Waals surface area contributed by atoms with Gasteiger partial charge in [-0.1, -0.05) is 31.9 Å². The van der Waals surface area contributed by atoms with Crippen LogP contribution in [-0.4, -0.2) is 142 Å². The molecule has 0 unspecified atom stereocenters. The molecular formula is C42H65Br2ClF3N3O9. The van der Waals surface area contributed by atoms with Gasteiger partial charge in [0, 0.05) is 47.8 Å². The van der Waals surface area contributed by atoms with Crippen LogP contribution in [0.5, 0.6) is 0 Å². The summed E-state index contributed by atoms with van der Waals surface area (Å²) in [5.74, 6) is -0.932. The van der Waals surface area contributed by atoms with Crippen molar-refractivity contribution in [3.8, 4) is 0 Å². The quantitative estimate of drug-likeness (QED) is 0.175. The highest BCUT2D eigenvalue weighted by Crippen LogP contribution is 2.28. The number of hydrogen-bond donors (Lipinski definition) is 6.